The molecule has 1 aliphatic rings. The fourth-order valence-electron chi connectivity index (χ4n) is 3.47. The molecule has 0 radical (unpaired) electrons. The Labute approximate surface area is 115 Å². The lowest BCUT2D eigenvalue weighted by Gasteiger charge is -2.43. The normalized spacial score (nSPS) is 31.5. The first kappa shape index (κ1) is 12.6. The SMILES string of the molecule is CC1CCCC(N)(c2ccc3ncccc3c2)C1C. The molecule has 19 heavy (non-hydrogen) atoms. The van der Waals surface area contributed by atoms with Crippen LogP contribution in [0.3, 0.4) is 0 Å². The van der Waals surface area contributed by atoms with Gasteiger partial charge in [0.25, 0.3) is 0 Å². The van der Waals surface area contributed by atoms with Gasteiger partial charge in [-0.05, 0) is 42.0 Å². The van der Waals surface area contributed by atoms with Crippen LogP contribution in [0.25, 0.3) is 10.9 Å². The van der Waals surface area contributed by atoms with Crippen LogP contribution in [0.5, 0.6) is 0 Å². The van der Waals surface area contributed by atoms with E-state index in [2.05, 4.69) is 43.1 Å². The second-order valence-electron chi connectivity index (χ2n) is 6.11. The molecular formula is C17H22N2. The molecule has 3 atom stereocenters. The van der Waals surface area contributed by atoms with Crippen molar-refractivity contribution in [3.05, 3.63) is 42.1 Å². The first-order valence-electron chi connectivity index (χ1n) is 7.25. The van der Waals surface area contributed by atoms with Gasteiger partial charge in [0.2, 0.25) is 0 Å². The van der Waals surface area contributed by atoms with E-state index in [1.165, 1.54) is 23.8 Å². The molecular weight excluding hydrogens is 232 g/mol. The van der Waals surface area contributed by atoms with Crippen LogP contribution in [0.4, 0.5) is 0 Å². The summed E-state index contributed by atoms with van der Waals surface area (Å²) in [5.74, 6) is 1.22. The van der Waals surface area contributed by atoms with Crippen LogP contribution < -0.4 is 5.73 Å². The number of fused-ring (bicyclic) bond motifs is 1. The number of rotatable bonds is 1. The van der Waals surface area contributed by atoms with Gasteiger partial charge in [0, 0.05) is 17.1 Å². The van der Waals surface area contributed by atoms with Crippen LogP contribution in [0, 0.1) is 11.8 Å². The minimum absolute atomic E-state index is 0.179. The average Bonchev–Trinajstić information content (AvgIpc) is 2.44. The van der Waals surface area contributed by atoms with Gasteiger partial charge in [-0.3, -0.25) is 4.98 Å². The van der Waals surface area contributed by atoms with Crippen molar-refractivity contribution in [3.63, 3.8) is 0 Å². The molecule has 0 aliphatic heterocycles. The van der Waals surface area contributed by atoms with Crippen molar-refractivity contribution < 1.29 is 0 Å². The molecule has 1 aliphatic carbocycles. The Morgan fingerprint density at radius 1 is 1.26 bits per heavy atom. The van der Waals surface area contributed by atoms with Gasteiger partial charge in [-0.15, -0.1) is 0 Å². The van der Waals surface area contributed by atoms with Crippen LogP contribution in [-0.2, 0) is 5.54 Å². The molecule has 1 heterocycles. The fraction of sp³-hybridized carbons (Fsp3) is 0.471. The molecule has 0 spiro atoms. The van der Waals surface area contributed by atoms with E-state index in [0.717, 1.165) is 11.9 Å². The molecule has 1 saturated carbocycles. The number of hydrogen-bond donors (Lipinski definition) is 1. The highest BCUT2D eigenvalue weighted by Gasteiger charge is 2.39. The van der Waals surface area contributed by atoms with E-state index in [-0.39, 0.29) is 5.54 Å². The van der Waals surface area contributed by atoms with Crippen LogP contribution in [-0.4, -0.2) is 4.98 Å². The van der Waals surface area contributed by atoms with Gasteiger partial charge in [-0.1, -0.05) is 38.8 Å². The second-order valence-corrected chi connectivity index (χ2v) is 6.11. The fourth-order valence-corrected chi connectivity index (χ4v) is 3.47. The van der Waals surface area contributed by atoms with Gasteiger partial charge in [0.1, 0.15) is 0 Å². The van der Waals surface area contributed by atoms with Crippen molar-refractivity contribution in [3.8, 4) is 0 Å². The number of benzene rings is 1. The van der Waals surface area contributed by atoms with Gasteiger partial charge < -0.3 is 5.73 Å². The lowest BCUT2D eigenvalue weighted by atomic mass is 9.66. The Morgan fingerprint density at radius 2 is 2.11 bits per heavy atom. The topological polar surface area (TPSA) is 38.9 Å². The van der Waals surface area contributed by atoms with Crippen LogP contribution in [0.2, 0.25) is 0 Å². The van der Waals surface area contributed by atoms with E-state index in [1.54, 1.807) is 0 Å². The maximum atomic E-state index is 6.78. The smallest absolute Gasteiger partial charge is 0.0702 e. The van der Waals surface area contributed by atoms with Crippen LogP contribution >= 0.6 is 0 Å². The van der Waals surface area contributed by atoms with Crippen molar-refractivity contribution in [1.29, 1.82) is 0 Å². The van der Waals surface area contributed by atoms with Crippen molar-refractivity contribution >= 4 is 10.9 Å². The summed E-state index contributed by atoms with van der Waals surface area (Å²) >= 11 is 0. The van der Waals surface area contributed by atoms with E-state index in [4.69, 9.17) is 5.73 Å². The maximum absolute atomic E-state index is 6.78. The number of hydrogen-bond acceptors (Lipinski definition) is 2. The molecule has 2 heteroatoms. The van der Waals surface area contributed by atoms with E-state index in [1.807, 2.05) is 12.3 Å². The van der Waals surface area contributed by atoms with Crippen molar-refractivity contribution in [2.45, 2.75) is 38.6 Å². The van der Waals surface area contributed by atoms with E-state index in [9.17, 15) is 0 Å². The van der Waals surface area contributed by atoms with Crippen molar-refractivity contribution in [2.24, 2.45) is 17.6 Å². The molecule has 1 fully saturated rings. The highest BCUT2D eigenvalue weighted by Crippen LogP contribution is 2.42. The molecule has 1 aromatic carbocycles. The lowest BCUT2D eigenvalue weighted by Crippen LogP contribution is -2.48. The average molecular weight is 254 g/mol. The molecule has 2 nitrogen and oxygen atoms in total. The Balaban J connectivity index is 2.07. The number of aromatic nitrogens is 1. The summed E-state index contributed by atoms with van der Waals surface area (Å²) in [5, 5.41) is 1.19. The van der Waals surface area contributed by atoms with Gasteiger partial charge in [0.05, 0.1) is 5.52 Å². The minimum atomic E-state index is -0.179. The van der Waals surface area contributed by atoms with Gasteiger partial charge in [0.15, 0.2) is 0 Å². The molecule has 2 N–H and O–H groups in total. The third-order valence-electron chi connectivity index (χ3n) is 5.06. The number of nitrogens with zero attached hydrogens (tertiary/aromatic N) is 1. The molecule has 0 bridgehead atoms. The summed E-state index contributed by atoms with van der Waals surface area (Å²) < 4.78 is 0. The molecule has 3 rings (SSSR count). The molecule has 3 unspecified atom stereocenters. The third kappa shape index (κ3) is 2.04. The number of nitrogens with two attached hydrogens (primary N) is 1. The first-order valence-corrected chi connectivity index (χ1v) is 7.25. The standard InChI is InChI=1S/C17H22N2/c1-12-5-3-9-17(18,13(12)2)15-7-8-16-14(11-15)6-4-10-19-16/h4,6-8,10-13H,3,5,9,18H2,1-2H3. The van der Waals surface area contributed by atoms with Crippen molar-refractivity contribution in [1.82, 2.24) is 4.98 Å². The predicted molar refractivity (Wildman–Crippen MR) is 79.8 cm³/mol. The first-order chi connectivity index (χ1) is 9.11. The summed E-state index contributed by atoms with van der Waals surface area (Å²) in [5.41, 5.74) is 8.92. The van der Waals surface area contributed by atoms with Gasteiger partial charge >= 0.3 is 0 Å². The molecule has 100 valence electrons. The Kier molecular flexibility index (Phi) is 3.06. The minimum Gasteiger partial charge on any atom is -0.321 e. The zero-order chi connectivity index (χ0) is 13.5. The zero-order valence-electron chi connectivity index (χ0n) is 11.8. The molecule has 0 amide bonds. The van der Waals surface area contributed by atoms with Crippen LogP contribution in [0.15, 0.2) is 36.5 Å². The Morgan fingerprint density at radius 3 is 2.95 bits per heavy atom. The summed E-state index contributed by atoms with van der Waals surface area (Å²) in [7, 11) is 0. The quantitative estimate of drug-likeness (QED) is 0.839. The zero-order valence-corrected chi connectivity index (χ0v) is 11.8. The monoisotopic (exact) mass is 254 g/mol. The summed E-state index contributed by atoms with van der Waals surface area (Å²) in [6.07, 6.45) is 5.46. The highest BCUT2D eigenvalue weighted by atomic mass is 14.8. The Hall–Kier alpha value is -1.41. The van der Waals surface area contributed by atoms with Gasteiger partial charge in [-0.25, -0.2) is 0 Å². The molecule has 1 aromatic heterocycles. The van der Waals surface area contributed by atoms with Gasteiger partial charge in [-0.2, -0.15) is 0 Å². The second kappa shape index (κ2) is 4.61. The summed E-state index contributed by atoms with van der Waals surface area (Å²) in [4.78, 5) is 4.38. The van der Waals surface area contributed by atoms with E-state index in [0.29, 0.717) is 11.8 Å². The lowest BCUT2D eigenvalue weighted by molar-refractivity contribution is 0.144. The van der Waals surface area contributed by atoms with E-state index < -0.39 is 0 Å². The maximum Gasteiger partial charge on any atom is 0.0702 e. The highest BCUT2D eigenvalue weighted by molar-refractivity contribution is 5.79. The van der Waals surface area contributed by atoms with Crippen LogP contribution in [0.1, 0.15) is 38.7 Å². The number of pyridine rings is 1. The molecule has 0 saturated heterocycles. The predicted octanol–water partition coefficient (Wildman–Crippen LogP) is 3.84. The summed E-state index contributed by atoms with van der Waals surface area (Å²) in [6.45, 7) is 4.63. The Bertz CT molecular complexity index is 593. The third-order valence-corrected chi connectivity index (χ3v) is 5.06. The largest absolute Gasteiger partial charge is 0.321 e. The summed E-state index contributed by atoms with van der Waals surface area (Å²) in [6, 6.07) is 10.6. The van der Waals surface area contributed by atoms with Crippen molar-refractivity contribution in [2.75, 3.05) is 0 Å². The van der Waals surface area contributed by atoms with E-state index >= 15 is 0 Å². The molecule has 2 aromatic rings.